The lowest BCUT2D eigenvalue weighted by Crippen LogP contribution is -2.56. The number of nitrogens with zero attached hydrogens (tertiary/aromatic N) is 1. The minimum absolute atomic E-state index is 0.0565. The minimum atomic E-state index is -1.21. The molecule has 7 nitrogen and oxygen atoms in total. The molecule has 0 radical (unpaired) electrons. The highest BCUT2D eigenvalue weighted by molar-refractivity contribution is 9.10. The molecule has 3 aliphatic heterocycles. The summed E-state index contributed by atoms with van der Waals surface area (Å²) >= 11 is 16.4. The summed E-state index contributed by atoms with van der Waals surface area (Å²) in [6.07, 6.45) is 1.35. The predicted octanol–water partition coefficient (Wildman–Crippen LogP) is 6.38. The van der Waals surface area contributed by atoms with Crippen LogP contribution >= 0.6 is 39.1 Å². The van der Waals surface area contributed by atoms with E-state index in [-0.39, 0.29) is 30.2 Å². The maximum Gasteiger partial charge on any atom is 0.238 e. The SMILES string of the molecule is CC(=O)N1CCC(Oc2ccc(Br)cc2[C@H]2CC(=O)N[C@@H](c3cccc(Cl)c3)[C@]23C(=O)Nc2cc(Cl)ccc23)CC1. The Kier molecular flexibility index (Phi) is 7.51. The maximum absolute atomic E-state index is 14.3. The predicted molar refractivity (Wildman–Crippen MR) is 161 cm³/mol. The maximum atomic E-state index is 14.3. The minimum Gasteiger partial charge on any atom is -0.490 e. The van der Waals surface area contributed by atoms with E-state index in [0.29, 0.717) is 47.4 Å². The van der Waals surface area contributed by atoms with Gasteiger partial charge in [-0.05, 0) is 53.6 Å². The van der Waals surface area contributed by atoms with Gasteiger partial charge in [0.1, 0.15) is 17.3 Å². The molecule has 2 N–H and O–H groups in total. The van der Waals surface area contributed by atoms with Crippen LogP contribution in [0.1, 0.15) is 54.8 Å². The molecule has 0 unspecified atom stereocenters. The van der Waals surface area contributed by atoms with Gasteiger partial charge in [0.05, 0.1) is 6.04 Å². The second-order valence-electron chi connectivity index (χ2n) is 10.8. The van der Waals surface area contributed by atoms with Crippen molar-refractivity contribution in [2.45, 2.75) is 49.7 Å². The van der Waals surface area contributed by atoms with Crippen LogP contribution in [0.4, 0.5) is 5.69 Å². The highest BCUT2D eigenvalue weighted by Gasteiger charge is 2.61. The number of benzene rings is 3. The van der Waals surface area contributed by atoms with Crippen LogP contribution in [0.25, 0.3) is 0 Å². The van der Waals surface area contributed by atoms with E-state index in [0.717, 1.165) is 21.2 Å². The fourth-order valence-electron chi connectivity index (χ4n) is 6.60. The standard InChI is InChI=1S/C31H28BrCl2N3O4/c1-17(38)37-11-9-22(10-12-37)41-27-8-5-19(32)14-23(27)25-16-28(39)36-29(18-3-2-4-20(33)13-18)31(25)24-7-6-21(34)15-26(24)35-30(31)40/h2-8,13-15,22,25,29H,9-12,16H2,1H3,(H,35,40)(H,36,39)/t25-,29+,31-/m1/s1. The highest BCUT2D eigenvalue weighted by atomic mass is 79.9. The Morgan fingerprint density at radius 2 is 1.78 bits per heavy atom. The van der Waals surface area contributed by atoms with Crippen molar-refractivity contribution >= 4 is 62.5 Å². The first-order chi connectivity index (χ1) is 19.7. The molecule has 0 saturated carbocycles. The van der Waals surface area contributed by atoms with Gasteiger partial charge in [0, 0.05) is 71.0 Å². The van der Waals surface area contributed by atoms with Gasteiger partial charge in [0.15, 0.2) is 0 Å². The summed E-state index contributed by atoms with van der Waals surface area (Å²) < 4.78 is 7.41. The number of amides is 3. The van der Waals surface area contributed by atoms with Gasteiger partial charge in [-0.1, -0.05) is 57.3 Å². The third-order valence-corrected chi connectivity index (χ3v) is 9.42. The van der Waals surface area contributed by atoms with Crippen molar-refractivity contribution in [2.75, 3.05) is 18.4 Å². The van der Waals surface area contributed by atoms with Gasteiger partial charge in [-0.3, -0.25) is 14.4 Å². The van der Waals surface area contributed by atoms with Gasteiger partial charge < -0.3 is 20.3 Å². The summed E-state index contributed by atoms with van der Waals surface area (Å²) in [4.78, 5) is 41.4. The number of ether oxygens (including phenoxy) is 1. The van der Waals surface area contributed by atoms with Gasteiger partial charge in [-0.15, -0.1) is 0 Å². The molecule has 3 heterocycles. The zero-order valence-corrected chi connectivity index (χ0v) is 25.4. The number of halogens is 3. The number of carbonyl (C=O) groups is 3. The van der Waals surface area contributed by atoms with Gasteiger partial charge in [0.25, 0.3) is 0 Å². The molecule has 3 aliphatic rings. The van der Waals surface area contributed by atoms with Crippen molar-refractivity contribution in [2.24, 2.45) is 0 Å². The summed E-state index contributed by atoms with van der Waals surface area (Å²) in [6.45, 7) is 2.82. The Morgan fingerprint density at radius 1 is 1.02 bits per heavy atom. The molecule has 3 amide bonds. The molecule has 0 aromatic heterocycles. The molecule has 2 fully saturated rings. The lowest BCUT2D eigenvalue weighted by Gasteiger charge is -2.47. The molecule has 1 spiro atoms. The number of likely N-dealkylation sites (tertiary alicyclic amines) is 1. The normalized spacial score (nSPS) is 24.1. The zero-order valence-electron chi connectivity index (χ0n) is 22.3. The van der Waals surface area contributed by atoms with Crippen molar-refractivity contribution in [3.63, 3.8) is 0 Å². The second-order valence-corrected chi connectivity index (χ2v) is 12.6. The Balaban J connectivity index is 1.50. The molecule has 3 aromatic carbocycles. The van der Waals surface area contributed by atoms with Crippen molar-refractivity contribution in [3.8, 4) is 5.75 Å². The van der Waals surface area contributed by atoms with E-state index >= 15 is 0 Å². The van der Waals surface area contributed by atoms with E-state index in [9.17, 15) is 14.4 Å². The van der Waals surface area contributed by atoms with Crippen LogP contribution < -0.4 is 15.4 Å². The molecule has 212 valence electrons. The Labute approximate surface area is 256 Å². The van der Waals surface area contributed by atoms with Crippen molar-refractivity contribution in [1.29, 1.82) is 0 Å². The second kappa shape index (κ2) is 11.0. The van der Waals surface area contributed by atoms with Crippen LogP contribution in [0.15, 0.2) is 65.1 Å². The molecule has 6 rings (SSSR count). The Bertz CT molecular complexity index is 1560. The van der Waals surface area contributed by atoms with Crippen LogP contribution in [0.2, 0.25) is 10.0 Å². The average molecular weight is 657 g/mol. The molecule has 0 aliphatic carbocycles. The summed E-state index contributed by atoms with van der Waals surface area (Å²) in [6, 6.07) is 17.7. The summed E-state index contributed by atoms with van der Waals surface area (Å²) in [5.41, 5.74) is 1.64. The van der Waals surface area contributed by atoms with E-state index in [2.05, 4.69) is 26.6 Å². The zero-order chi connectivity index (χ0) is 28.9. The molecule has 3 aromatic rings. The summed E-state index contributed by atoms with van der Waals surface area (Å²) in [5.74, 6) is -0.311. The number of fused-ring (bicyclic) bond motifs is 2. The molecule has 10 heteroatoms. The van der Waals surface area contributed by atoms with Crippen LogP contribution in [-0.4, -0.2) is 41.8 Å². The number of rotatable bonds is 4. The molecule has 41 heavy (non-hydrogen) atoms. The topological polar surface area (TPSA) is 87.7 Å². The third kappa shape index (κ3) is 5.00. The number of carbonyl (C=O) groups excluding carboxylic acids is 3. The molecule has 3 atom stereocenters. The molecular weight excluding hydrogens is 629 g/mol. The smallest absolute Gasteiger partial charge is 0.238 e. The van der Waals surface area contributed by atoms with Crippen molar-refractivity contribution < 1.29 is 19.1 Å². The van der Waals surface area contributed by atoms with E-state index in [1.165, 1.54) is 0 Å². The molecule has 2 saturated heterocycles. The fraction of sp³-hybridized carbons (Fsp3) is 0.323. The van der Waals surface area contributed by atoms with E-state index < -0.39 is 17.4 Å². The number of nitrogens with one attached hydrogen (secondary N) is 2. The fourth-order valence-corrected chi connectivity index (χ4v) is 7.35. The van der Waals surface area contributed by atoms with Gasteiger partial charge in [-0.25, -0.2) is 0 Å². The third-order valence-electron chi connectivity index (χ3n) is 8.46. The van der Waals surface area contributed by atoms with Crippen LogP contribution in [0.5, 0.6) is 5.75 Å². The Hall–Kier alpha value is -3.07. The van der Waals surface area contributed by atoms with Gasteiger partial charge in [-0.2, -0.15) is 0 Å². The first kappa shape index (κ1) is 28.1. The Morgan fingerprint density at radius 3 is 2.51 bits per heavy atom. The number of piperidine rings is 2. The molecular formula is C31H28BrCl2N3O4. The lowest BCUT2D eigenvalue weighted by atomic mass is 9.59. The van der Waals surface area contributed by atoms with Gasteiger partial charge in [0.2, 0.25) is 17.7 Å². The van der Waals surface area contributed by atoms with Crippen LogP contribution in [0.3, 0.4) is 0 Å². The summed E-state index contributed by atoms with van der Waals surface area (Å²) in [7, 11) is 0. The first-order valence-corrected chi connectivity index (χ1v) is 15.1. The number of hydrogen-bond acceptors (Lipinski definition) is 4. The van der Waals surface area contributed by atoms with Crippen molar-refractivity contribution in [3.05, 3.63) is 91.9 Å². The van der Waals surface area contributed by atoms with Gasteiger partial charge >= 0.3 is 0 Å². The van der Waals surface area contributed by atoms with Crippen molar-refractivity contribution in [1.82, 2.24) is 10.2 Å². The van der Waals surface area contributed by atoms with E-state index in [4.69, 9.17) is 27.9 Å². The monoisotopic (exact) mass is 655 g/mol. The highest BCUT2D eigenvalue weighted by Crippen LogP contribution is 2.59. The van der Waals surface area contributed by atoms with Crippen LogP contribution in [-0.2, 0) is 19.8 Å². The quantitative estimate of drug-likeness (QED) is 0.341. The first-order valence-electron chi connectivity index (χ1n) is 13.5. The van der Waals surface area contributed by atoms with E-state index in [1.54, 1.807) is 31.2 Å². The number of hydrogen-bond donors (Lipinski definition) is 2. The largest absolute Gasteiger partial charge is 0.490 e. The number of anilines is 1. The lowest BCUT2D eigenvalue weighted by molar-refractivity contribution is -0.132. The average Bonchev–Trinajstić information content (AvgIpc) is 3.22. The summed E-state index contributed by atoms with van der Waals surface area (Å²) in [5, 5.41) is 7.20. The van der Waals surface area contributed by atoms with Crippen LogP contribution in [0, 0.1) is 0 Å². The molecule has 0 bridgehead atoms. The van der Waals surface area contributed by atoms with E-state index in [1.807, 2.05) is 41.3 Å².